The monoisotopic (exact) mass is 355 g/mol. The molecule has 2 heterocycles. The Morgan fingerprint density at radius 1 is 0.769 bits per heavy atom. The minimum Gasteiger partial charge on any atom is -0.342 e. The lowest BCUT2D eigenvalue weighted by Gasteiger charge is -2.36. The van der Waals surface area contributed by atoms with Crippen LogP contribution < -0.4 is 0 Å². The number of hydrogen-bond acceptors (Lipinski definition) is 3. The number of rotatable bonds is 3. The van der Waals surface area contributed by atoms with E-state index in [9.17, 15) is 9.59 Å². The van der Waals surface area contributed by atoms with Gasteiger partial charge in [-0.15, -0.1) is 0 Å². The first-order valence-corrected chi connectivity index (χ1v) is 10.1. The van der Waals surface area contributed by atoms with Crippen LogP contribution in [0, 0.1) is 0 Å². The molecule has 0 unspecified atom stereocenters. The Bertz CT molecular complexity index is 674. The molecule has 0 N–H and O–H groups in total. The number of nitrogens with zero attached hydrogens (tertiary/aromatic N) is 3. The number of hydrogen-bond donors (Lipinski definition) is 0. The van der Waals surface area contributed by atoms with Crippen molar-refractivity contribution in [1.29, 1.82) is 0 Å². The van der Waals surface area contributed by atoms with Gasteiger partial charge >= 0.3 is 0 Å². The summed E-state index contributed by atoms with van der Waals surface area (Å²) in [5.74, 6) is 0.393. The zero-order valence-corrected chi connectivity index (χ0v) is 15.6. The highest BCUT2D eigenvalue weighted by Gasteiger charge is 2.26. The first-order valence-electron chi connectivity index (χ1n) is 10.1. The molecule has 2 fully saturated rings. The molecule has 2 amide bonds. The average molecular weight is 355 g/mol. The van der Waals surface area contributed by atoms with Gasteiger partial charge in [-0.05, 0) is 61.8 Å². The Balaban J connectivity index is 1.29. The molecule has 0 saturated carbocycles. The van der Waals surface area contributed by atoms with E-state index in [0.29, 0.717) is 19.6 Å². The van der Waals surface area contributed by atoms with Crippen LogP contribution in [0.2, 0.25) is 0 Å². The van der Waals surface area contributed by atoms with Crippen LogP contribution in [0.5, 0.6) is 0 Å². The Morgan fingerprint density at radius 2 is 1.50 bits per heavy atom. The molecule has 1 aromatic carbocycles. The summed E-state index contributed by atoms with van der Waals surface area (Å²) < 4.78 is 0. The molecule has 5 nitrogen and oxygen atoms in total. The summed E-state index contributed by atoms with van der Waals surface area (Å²) in [7, 11) is 0. The fraction of sp³-hybridized carbons (Fsp3) is 0.619. The number of piperidine rings is 1. The number of likely N-dealkylation sites (tertiary alicyclic amines) is 1. The molecule has 1 aromatic rings. The molecule has 1 aliphatic carbocycles. The van der Waals surface area contributed by atoms with E-state index < -0.39 is 0 Å². The van der Waals surface area contributed by atoms with E-state index in [0.717, 1.165) is 57.4 Å². The van der Waals surface area contributed by atoms with Crippen molar-refractivity contribution < 1.29 is 9.59 Å². The van der Waals surface area contributed by atoms with E-state index in [1.54, 1.807) is 0 Å². The van der Waals surface area contributed by atoms with E-state index >= 15 is 0 Å². The highest BCUT2D eigenvalue weighted by Crippen LogP contribution is 2.23. The topological polar surface area (TPSA) is 43.9 Å². The molecule has 0 bridgehead atoms. The molecule has 0 aromatic heterocycles. The number of carbonyl (C=O) groups excluding carboxylic acids is 2. The molecule has 2 aliphatic heterocycles. The maximum absolute atomic E-state index is 12.8. The second kappa shape index (κ2) is 7.78. The van der Waals surface area contributed by atoms with Crippen LogP contribution in [0.3, 0.4) is 0 Å². The summed E-state index contributed by atoms with van der Waals surface area (Å²) in [6.07, 6.45) is 6.96. The van der Waals surface area contributed by atoms with Crippen LogP contribution in [-0.2, 0) is 17.6 Å². The Morgan fingerprint density at radius 3 is 2.27 bits per heavy atom. The highest BCUT2D eigenvalue weighted by atomic mass is 16.2. The second-order valence-electron chi connectivity index (χ2n) is 7.85. The van der Waals surface area contributed by atoms with Gasteiger partial charge in [0.15, 0.2) is 0 Å². The Hall–Kier alpha value is -1.88. The molecule has 0 spiro atoms. The Kier molecular flexibility index (Phi) is 5.25. The van der Waals surface area contributed by atoms with Crippen LogP contribution in [0.15, 0.2) is 18.2 Å². The molecule has 0 radical (unpaired) electrons. The third kappa shape index (κ3) is 3.78. The van der Waals surface area contributed by atoms with Gasteiger partial charge in [0.25, 0.3) is 5.91 Å². The van der Waals surface area contributed by atoms with Crippen LogP contribution in [0.25, 0.3) is 0 Å². The van der Waals surface area contributed by atoms with Crippen molar-refractivity contribution in [2.45, 2.75) is 38.5 Å². The van der Waals surface area contributed by atoms with Gasteiger partial charge in [-0.1, -0.05) is 6.07 Å². The quantitative estimate of drug-likeness (QED) is 0.832. The van der Waals surface area contributed by atoms with Crippen LogP contribution in [-0.4, -0.2) is 72.3 Å². The lowest BCUT2D eigenvalue weighted by Crippen LogP contribution is -2.52. The van der Waals surface area contributed by atoms with Crippen molar-refractivity contribution in [2.75, 3.05) is 45.8 Å². The molecule has 4 rings (SSSR count). The molecule has 3 aliphatic rings. The van der Waals surface area contributed by atoms with Crippen LogP contribution in [0.4, 0.5) is 0 Å². The molecular weight excluding hydrogens is 326 g/mol. The lowest BCUT2D eigenvalue weighted by atomic mass is 10.1. The second-order valence-corrected chi connectivity index (χ2v) is 7.85. The zero-order chi connectivity index (χ0) is 17.9. The minimum atomic E-state index is 0.140. The van der Waals surface area contributed by atoms with Gasteiger partial charge < -0.3 is 9.80 Å². The van der Waals surface area contributed by atoms with Crippen LogP contribution >= 0.6 is 0 Å². The number of amides is 2. The number of benzene rings is 1. The fourth-order valence-electron chi connectivity index (χ4n) is 4.43. The molecule has 2 saturated heterocycles. The normalized spacial score (nSPS) is 20.9. The average Bonchev–Trinajstić information content (AvgIpc) is 3.16. The minimum absolute atomic E-state index is 0.140. The number of piperazine rings is 1. The molecule has 5 heteroatoms. The smallest absolute Gasteiger partial charge is 0.253 e. The first kappa shape index (κ1) is 17.5. The van der Waals surface area contributed by atoms with Gasteiger partial charge in [0, 0.05) is 44.8 Å². The third-order valence-electron chi connectivity index (χ3n) is 6.07. The number of fused-ring (bicyclic) bond motifs is 1. The molecular formula is C21H29N3O2. The lowest BCUT2D eigenvalue weighted by molar-refractivity contribution is -0.133. The van der Waals surface area contributed by atoms with Crippen molar-refractivity contribution >= 4 is 11.8 Å². The maximum atomic E-state index is 12.8. The van der Waals surface area contributed by atoms with Crippen LogP contribution in [0.1, 0.15) is 47.2 Å². The number of carbonyl (C=O) groups is 2. The summed E-state index contributed by atoms with van der Waals surface area (Å²) in [6.45, 7) is 5.32. The van der Waals surface area contributed by atoms with Crippen molar-refractivity contribution in [1.82, 2.24) is 14.7 Å². The van der Waals surface area contributed by atoms with Crippen molar-refractivity contribution in [3.8, 4) is 0 Å². The van der Waals surface area contributed by atoms with E-state index in [4.69, 9.17) is 0 Å². The third-order valence-corrected chi connectivity index (χ3v) is 6.07. The Labute approximate surface area is 155 Å². The van der Waals surface area contributed by atoms with Gasteiger partial charge in [-0.25, -0.2) is 0 Å². The summed E-state index contributed by atoms with van der Waals surface area (Å²) in [6, 6.07) is 6.21. The van der Waals surface area contributed by atoms with E-state index in [-0.39, 0.29) is 11.8 Å². The highest BCUT2D eigenvalue weighted by molar-refractivity contribution is 5.94. The van der Waals surface area contributed by atoms with Gasteiger partial charge in [-0.3, -0.25) is 14.5 Å². The molecule has 140 valence electrons. The predicted octanol–water partition coefficient (Wildman–Crippen LogP) is 1.95. The zero-order valence-electron chi connectivity index (χ0n) is 15.6. The van der Waals surface area contributed by atoms with Gasteiger partial charge in [0.2, 0.25) is 5.91 Å². The first-order chi connectivity index (χ1) is 12.7. The molecule has 0 atom stereocenters. The maximum Gasteiger partial charge on any atom is 0.253 e. The van der Waals surface area contributed by atoms with Crippen molar-refractivity contribution in [3.05, 3.63) is 34.9 Å². The summed E-state index contributed by atoms with van der Waals surface area (Å²) in [4.78, 5) is 31.4. The predicted molar refractivity (Wildman–Crippen MR) is 101 cm³/mol. The van der Waals surface area contributed by atoms with E-state index in [2.05, 4.69) is 17.0 Å². The fourth-order valence-corrected chi connectivity index (χ4v) is 4.43. The number of aryl methyl sites for hydroxylation is 2. The standard InChI is InChI=1S/C21H29N3O2/c25-20(23-9-2-1-3-10-23)16-22-11-13-24(14-12-22)21(26)19-8-7-17-5-4-6-18(17)15-19/h7-8,15H,1-6,9-14,16H2. The van der Waals surface area contributed by atoms with E-state index in [1.165, 1.54) is 24.0 Å². The SMILES string of the molecule is O=C(CN1CCN(C(=O)c2ccc3c(c2)CCC3)CC1)N1CCCCC1. The van der Waals surface area contributed by atoms with Crippen molar-refractivity contribution in [3.63, 3.8) is 0 Å². The van der Waals surface area contributed by atoms with E-state index in [1.807, 2.05) is 15.9 Å². The van der Waals surface area contributed by atoms with Gasteiger partial charge in [0.1, 0.15) is 0 Å². The van der Waals surface area contributed by atoms with Gasteiger partial charge in [-0.2, -0.15) is 0 Å². The van der Waals surface area contributed by atoms with Gasteiger partial charge in [0.05, 0.1) is 6.54 Å². The van der Waals surface area contributed by atoms with Crippen molar-refractivity contribution in [2.24, 2.45) is 0 Å². The molecule has 26 heavy (non-hydrogen) atoms. The summed E-state index contributed by atoms with van der Waals surface area (Å²) >= 11 is 0. The summed E-state index contributed by atoms with van der Waals surface area (Å²) in [5.41, 5.74) is 3.58. The summed E-state index contributed by atoms with van der Waals surface area (Å²) in [5, 5.41) is 0. The largest absolute Gasteiger partial charge is 0.342 e.